The van der Waals surface area contributed by atoms with Gasteiger partial charge in [0, 0.05) is 16.9 Å². The van der Waals surface area contributed by atoms with Gasteiger partial charge in [0.15, 0.2) is 0 Å². The lowest BCUT2D eigenvalue weighted by molar-refractivity contribution is -0.132. The molecule has 0 aromatic heterocycles. The van der Waals surface area contributed by atoms with Crippen LogP contribution in [0.4, 0.5) is 0 Å². The van der Waals surface area contributed by atoms with Gasteiger partial charge >= 0.3 is 0 Å². The molecule has 0 amide bonds. The SMILES string of the molecule is CC(=C=O)CCC1C(=O)C(C)(C)CCC[C@H]1C. The first-order valence-electron chi connectivity index (χ1n) is 6.63. The third-order valence-corrected chi connectivity index (χ3v) is 4.16. The van der Waals surface area contributed by atoms with E-state index in [4.69, 9.17) is 0 Å². The van der Waals surface area contributed by atoms with Crippen LogP contribution in [0.3, 0.4) is 0 Å². The molecule has 0 bridgehead atoms. The lowest BCUT2D eigenvalue weighted by Crippen LogP contribution is -2.31. The van der Waals surface area contributed by atoms with E-state index in [0.717, 1.165) is 31.3 Å². The zero-order chi connectivity index (χ0) is 13.1. The summed E-state index contributed by atoms with van der Waals surface area (Å²) in [7, 11) is 0. The highest BCUT2D eigenvalue weighted by Crippen LogP contribution is 2.38. The van der Waals surface area contributed by atoms with Crippen molar-refractivity contribution in [3.8, 4) is 0 Å². The van der Waals surface area contributed by atoms with Crippen molar-refractivity contribution < 1.29 is 9.59 Å². The zero-order valence-electron chi connectivity index (χ0n) is 11.5. The molecule has 0 aromatic carbocycles. The predicted octanol–water partition coefficient (Wildman–Crippen LogP) is 3.58. The molecule has 0 saturated heterocycles. The van der Waals surface area contributed by atoms with E-state index in [1.807, 2.05) is 5.94 Å². The highest BCUT2D eigenvalue weighted by atomic mass is 16.1. The minimum Gasteiger partial charge on any atom is -0.299 e. The van der Waals surface area contributed by atoms with Gasteiger partial charge in [-0.3, -0.25) is 4.79 Å². The molecule has 1 saturated carbocycles. The Bertz CT molecular complexity index is 335. The summed E-state index contributed by atoms with van der Waals surface area (Å²) in [4.78, 5) is 23.0. The Morgan fingerprint density at radius 3 is 2.71 bits per heavy atom. The second-order valence-corrected chi connectivity index (χ2v) is 6.15. The molecule has 17 heavy (non-hydrogen) atoms. The van der Waals surface area contributed by atoms with Gasteiger partial charge in [0.2, 0.25) is 0 Å². The fourth-order valence-electron chi connectivity index (χ4n) is 2.79. The van der Waals surface area contributed by atoms with E-state index in [1.165, 1.54) is 0 Å². The molecular weight excluding hydrogens is 212 g/mol. The maximum atomic E-state index is 12.5. The van der Waals surface area contributed by atoms with Crippen molar-refractivity contribution in [2.24, 2.45) is 17.3 Å². The third-order valence-electron chi connectivity index (χ3n) is 4.16. The lowest BCUT2D eigenvalue weighted by atomic mass is 9.75. The maximum Gasteiger partial charge on any atom is 0.141 e. The molecule has 1 fully saturated rings. The van der Waals surface area contributed by atoms with Crippen LogP contribution in [0.15, 0.2) is 5.57 Å². The molecule has 0 radical (unpaired) electrons. The summed E-state index contributed by atoms with van der Waals surface area (Å²) < 4.78 is 0. The average Bonchev–Trinajstić information content (AvgIpc) is 2.36. The molecule has 0 spiro atoms. The summed E-state index contributed by atoms with van der Waals surface area (Å²) in [6.07, 6.45) is 4.78. The Hall–Kier alpha value is -0.880. The smallest absolute Gasteiger partial charge is 0.141 e. The second kappa shape index (κ2) is 5.64. The number of carbonyl (C=O) groups excluding carboxylic acids is 2. The van der Waals surface area contributed by atoms with Gasteiger partial charge < -0.3 is 0 Å². The Labute approximate surface area is 104 Å². The highest BCUT2D eigenvalue weighted by molar-refractivity contribution is 5.86. The molecule has 96 valence electrons. The van der Waals surface area contributed by atoms with E-state index in [2.05, 4.69) is 20.8 Å². The number of carbonyl (C=O) groups is 1. The normalized spacial score (nSPS) is 28.4. The van der Waals surface area contributed by atoms with Gasteiger partial charge in [-0.1, -0.05) is 27.2 Å². The van der Waals surface area contributed by atoms with Crippen LogP contribution in [-0.4, -0.2) is 11.7 Å². The van der Waals surface area contributed by atoms with E-state index in [9.17, 15) is 9.59 Å². The largest absolute Gasteiger partial charge is 0.299 e. The molecule has 2 nitrogen and oxygen atoms in total. The number of hydrogen-bond donors (Lipinski definition) is 0. The maximum absolute atomic E-state index is 12.5. The van der Waals surface area contributed by atoms with E-state index >= 15 is 0 Å². The lowest BCUT2D eigenvalue weighted by Gasteiger charge is -2.27. The Kier molecular flexibility index (Phi) is 4.70. The summed E-state index contributed by atoms with van der Waals surface area (Å²) >= 11 is 0. The Balaban J connectivity index is 2.77. The number of ketones is 1. The standard InChI is InChI=1S/C15H24O2/c1-11(10-16)7-8-13-12(2)6-5-9-15(3,4)14(13)17/h12-13H,5-9H2,1-4H3/t12-,13?/m1/s1. The van der Waals surface area contributed by atoms with E-state index in [-0.39, 0.29) is 11.3 Å². The number of rotatable bonds is 3. The van der Waals surface area contributed by atoms with E-state index < -0.39 is 0 Å². The summed E-state index contributed by atoms with van der Waals surface area (Å²) in [6, 6.07) is 0. The summed E-state index contributed by atoms with van der Waals surface area (Å²) in [5.41, 5.74) is 0.542. The zero-order valence-corrected chi connectivity index (χ0v) is 11.5. The average molecular weight is 236 g/mol. The molecule has 2 heteroatoms. The summed E-state index contributed by atoms with van der Waals surface area (Å²) in [5.74, 6) is 2.88. The fraction of sp³-hybridized carbons (Fsp3) is 0.800. The van der Waals surface area contributed by atoms with Crippen LogP contribution in [0.25, 0.3) is 0 Å². The van der Waals surface area contributed by atoms with Crippen LogP contribution in [0.2, 0.25) is 0 Å². The van der Waals surface area contributed by atoms with Crippen LogP contribution in [0.1, 0.15) is 59.8 Å². The van der Waals surface area contributed by atoms with Gasteiger partial charge in [-0.05, 0) is 38.5 Å². The first-order chi connectivity index (χ1) is 7.88. The summed E-state index contributed by atoms with van der Waals surface area (Å²) in [5, 5.41) is 0. The van der Waals surface area contributed by atoms with Crippen molar-refractivity contribution in [2.45, 2.75) is 59.8 Å². The van der Waals surface area contributed by atoms with Crippen molar-refractivity contribution in [1.29, 1.82) is 0 Å². The van der Waals surface area contributed by atoms with Crippen molar-refractivity contribution >= 4 is 11.7 Å². The molecule has 0 aromatic rings. The van der Waals surface area contributed by atoms with Gasteiger partial charge in [0.05, 0.1) is 0 Å². The summed E-state index contributed by atoms with van der Waals surface area (Å²) in [6.45, 7) is 8.08. The Morgan fingerprint density at radius 1 is 1.47 bits per heavy atom. The van der Waals surface area contributed by atoms with Crippen LogP contribution in [0.5, 0.6) is 0 Å². The van der Waals surface area contributed by atoms with Crippen molar-refractivity contribution in [2.75, 3.05) is 0 Å². The Morgan fingerprint density at radius 2 is 2.12 bits per heavy atom. The van der Waals surface area contributed by atoms with Crippen LogP contribution < -0.4 is 0 Å². The number of allylic oxidation sites excluding steroid dienone is 1. The topological polar surface area (TPSA) is 34.1 Å². The first kappa shape index (κ1) is 14.2. The molecule has 1 unspecified atom stereocenters. The van der Waals surface area contributed by atoms with Crippen molar-refractivity contribution in [1.82, 2.24) is 0 Å². The van der Waals surface area contributed by atoms with Gasteiger partial charge in [-0.2, -0.15) is 0 Å². The van der Waals surface area contributed by atoms with Gasteiger partial charge in [0.1, 0.15) is 11.7 Å². The number of hydrogen-bond acceptors (Lipinski definition) is 2. The molecule has 0 N–H and O–H groups in total. The fourth-order valence-corrected chi connectivity index (χ4v) is 2.79. The van der Waals surface area contributed by atoms with Crippen molar-refractivity contribution in [3.05, 3.63) is 5.57 Å². The van der Waals surface area contributed by atoms with Gasteiger partial charge in [0.25, 0.3) is 0 Å². The molecule has 0 heterocycles. The predicted molar refractivity (Wildman–Crippen MR) is 69.4 cm³/mol. The molecular formula is C15H24O2. The highest BCUT2D eigenvalue weighted by Gasteiger charge is 2.38. The second-order valence-electron chi connectivity index (χ2n) is 6.15. The minimum absolute atomic E-state index is 0.121. The molecule has 1 aliphatic rings. The third kappa shape index (κ3) is 3.54. The molecule has 1 aliphatic carbocycles. The van der Waals surface area contributed by atoms with Crippen molar-refractivity contribution in [3.63, 3.8) is 0 Å². The van der Waals surface area contributed by atoms with Gasteiger partial charge in [-0.25, -0.2) is 4.79 Å². The molecule has 1 rings (SSSR count). The van der Waals surface area contributed by atoms with E-state index in [1.54, 1.807) is 6.92 Å². The van der Waals surface area contributed by atoms with Crippen LogP contribution in [0, 0.1) is 17.3 Å². The monoisotopic (exact) mass is 236 g/mol. The van der Waals surface area contributed by atoms with Crippen LogP contribution >= 0.6 is 0 Å². The van der Waals surface area contributed by atoms with Crippen LogP contribution in [-0.2, 0) is 9.59 Å². The van der Waals surface area contributed by atoms with Gasteiger partial charge in [-0.15, -0.1) is 0 Å². The molecule has 2 atom stereocenters. The minimum atomic E-state index is -0.186. The van der Waals surface area contributed by atoms with E-state index in [0.29, 0.717) is 18.1 Å². The first-order valence-corrected chi connectivity index (χ1v) is 6.63. The molecule has 0 aliphatic heterocycles. The number of Topliss-reactive ketones (excluding diaryl/α,β-unsaturated/α-hetero) is 1. The quantitative estimate of drug-likeness (QED) is 0.554.